The Labute approximate surface area is 166 Å². The number of benzene rings is 1. The van der Waals surface area contributed by atoms with Gasteiger partial charge in [-0.3, -0.25) is 14.9 Å². The molecule has 1 saturated heterocycles. The summed E-state index contributed by atoms with van der Waals surface area (Å²) in [5.41, 5.74) is 1.10. The molecule has 0 saturated carbocycles. The normalized spacial score (nSPS) is 16.0. The number of nitro groups is 1. The zero-order valence-corrected chi connectivity index (χ0v) is 17.4. The predicted molar refractivity (Wildman–Crippen MR) is 106 cm³/mol. The van der Waals surface area contributed by atoms with Crippen molar-refractivity contribution in [1.82, 2.24) is 9.21 Å². The van der Waals surface area contributed by atoms with Gasteiger partial charge in [0.15, 0.2) is 0 Å². The van der Waals surface area contributed by atoms with Gasteiger partial charge in [-0.2, -0.15) is 4.31 Å². The number of carbonyl (C=O) groups excluding carboxylic acids is 1. The lowest BCUT2D eigenvalue weighted by atomic mass is 9.96. The van der Waals surface area contributed by atoms with E-state index in [9.17, 15) is 23.3 Å². The highest BCUT2D eigenvalue weighted by Crippen LogP contribution is 2.29. The Morgan fingerprint density at radius 3 is 2.46 bits per heavy atom. The molecular formula is C19H27N3O5S. The molecule has 0 bridgehead atoms. The van der Waals surface area contributed by atoms with Gasteiger partial charge in [-0.25, -0.2) is 8.42 Å². The van der Waals surface area contributed by atoms with Crippen LogP contribution in [0.3, 0.4) is 0 Å². The Morgan fingerprint density at radius 1 is 1.36 bits per heavy atom. The maximum atomic E-state index is 13.0. The monoisotopic (exact) mass is 409 g/mol. The molecule has 1 amide bonds. The van der Waals surface area contributed by atoms with Crippen LogP contribution in [-0.2, 0) is 14.8 Å². The molecule has 0 atom stereocenters. The van der Waals surface area contributed by atoms with Crippen molar-refractivity contribution in [3.8, 4) is 0 Å². The van der Waals surface area contributed by atoms with Crippen LogP contribution in [0, 0.1) is 23.0 Å². The molecule has 9 heteroatoms. The fourth-order valence-corrected chi connectivity index (χ4v) is 5.11. The molecule has 2 rings (SSSR count). The molecule has 154 valence electrons. The molecule has 0 aromatic heterocycles. The Kier molecular flexibility index (Phi) is 6.95. The van der Waals surface area contributed by atoms with Crippen LogP contribution in [0.4, 0.5) is 5.69 Å². The summed E-state index contributed by atoms with van der Waals surface area (Å²) >= 11 is 0. The third kappa shape index (κ3) is 4.77. The van der Waals surface area contributed by atoms with Crippen LogP contribution < -0.4 is 0 Å². The second kappa shape index (κ2) is 8.83. The van der Waals surface area contributed by atoms with Crippen molar-refractivity contribution in [3.05, 3.63) is 46.0 Å². The summed E-state index contributed by atoms with van der Waals surface area (Å²) in [6.45, 7) is 10.7. The second-order valence-corrected chi connectivity index (χ2v) is 9.10. The van der Waals surface area contributed by atoms with Gasteiger partial charge in [0.2, 0.25) is 15.9 Å². The van der Waals surface area contributed by atoms with E-state index in [4.69, 9.17) is 0 Å². The van der Waals surface area contributed by atoms with Crippen molar-refractivity contribution < 1.29 is 18.1 Å². The summed E-state index contributed by atoms with van der Waals surface area (Å²) in [5.74, 6) is -0.203. The van der Waals surface area contributed by atoms with Crippen LogP contribution >= 0.6 is 0 Å². The summed E-state index contributed by atoms with van der Waals surface area (Å²) in [7, 11) is -3.85. The van der Waals surface area contributed by atoms with Crippen molar-refractivity contribution in [1.29, 1.82) is 0 Å². The fraction of sp³-hybridized carbons (Fsp3) is 0.526. The SMILES string of the molecule is C=C(C)CN(CC)C(=O)C1CCN(S(=O)(=O)c2cc([N+](=O)[O-])ccc2C)CC1. The van der Waals surface area contributed by atoms with Crippen LogP contribution in [0.5, 0.6) is 0 Å². The number of non-ortho nitro benzene ring substituents is 1. The van der Waals surface area contributed by atoms with Crippen molar-refractivity contribution in [2.75, 3.05) is 26.2 Å². The zero-order valence-electron chi connectivity index (χ0n) is 16.6. The summed E-state index contributed by atoms with van der Waals surface area (Å²) in [6.07, 6.45) is 0.859. The Bertz CT molecular complexity index is 874. The minimum atomic E-state index is -3.85. The number of aryl methyl sites for hydroxylation is 1. The third-order valence-corrected chi connectivity index (χ3v) is 7.00. The van der Waals surface area contributed by atoms with E-state index in [0.29, 0.717) is 31.5 Å². The lowest BCUT2D eigenvalue weighted by Crippen LogP contribution is -2.44. The van der Waals surface area contributed by atoms with Gasteiger partial charge in [0.1, 0.15) is 0 Å². The summed E-state index contributed by atoms with van der Waals surface area (Å²) in [4.78, 5) is 24.8. The van der Waals surface area contributed by atoms with Crippen molar-refractivity contribution in [3.63, 3.8) is 0 Å². The number of carbonyl (C=O) groups is 1. The quantitative estimate of drug-likeness (QED) is 0.391. The Hall–Kier alpha value is -2.26. The third-order valence-electron chi connectivity index (χ3n) is 4.96. The van der Waals surface area contributed by atoms with Gasteiger partial charge >= 0.3 is 0 Å². The number of amides is 1. The standard InChI is InChI=1S/C19H27N3O5S/c1-5-20(13-14(2)3)19(23)16-8-10-21(11-9-16)28(26,27)18-12-17(22(24)25)7-6-15(18)4/h6-7,12,16H,2,5,8-11,13H2,1,3-4H3. The molecule has 1 heterocycles. The molecular weight excluding hydrogens is 382 g/mol. The van der Waals surface area contributed by atoms with Crippen LogP contribution in [0.1, 0.15) is 32.3 Å². The molecule has 0 N–H and O–H groups in total. The molecule has 8 nitrogen and oxygen atoms in total. The molecule has 28 heavy (non-hydrogen) atoms. The van der Waals surface area contributed by atoms with Crippen LogP contribution in [0.2, 0.25) is 0 Å². The zero-order chi connectivity index (χ0) is 21.1. The highest BCUT2D eigenvalue weighted by molar-refractivity contribution is 7.89. The fourth-order valence-electron chi connectivity index (χ4n) is 3.39. The molecule has 0 spiro atoms. The van der Waals surface area contributed by atoms with Gasteiger partial charge in [0.25, 0.3) is 5.69 Å². The van der Waals surface area contributed by atoms with E-state index >= 15 is 0 Å². The average Bonchev–Trinajstić information content (AvgIpc) is 2.65. The van der Waals surface area contributed by atoms with E-state index in [1.807, 2.05) is 13.8 Å². The summed E-state index contributed by atoms with van der Waals surface area (Å²) in [6, 6.07) is 3.84. The van der Waals surface area contributed by atoms with Gasteiger partial charge in [0, 0.05) is 44.2 Å². The first kappa shape index (κ1) is 22.0. The number of hydrogen-bond donors (Lipinski definition) is 0. The van der Waals surface area contributed by atoms with Crippen molar-refractivity contribution >= 4 is 21.6 Å². The second-order valence-electron chi connectivity index (χ2n) is 7.19. The average molecular weight is 410 g/mol. The predicted octanol–water partition coefficient (Wildman–Crippen LogP) is 2.73. The van der Waals surface area contributed by atoms with Crippen molar-refractivity contribution in [2.24, 2.45) is 5.92 Å². The van der Waals surface area contributed by atoms with E-state index < -0.39 is 14.9 Å². The first-order valence-corrected chi connectivity index (χ1v) is 10.7. The van der Waals surface area contributed by atoms with Crippen LogP contribution in [-0.4, -0.2) is 54.6 Å². The van der Waals surface area contributed by atoms with Gasteiger partial charge < -0.3 is 4.90 Å². The van der Waals surface area contributed by atoms with Crippen molar-refractivity contribution in [2.45, 2.75) is 38.5 Å². The molecule has 1 aromatic carbocycles. The molecule has 1 fully saturated rings. The number of nitrogens with zero attached hydrogens (tertiary/aromatic N) is 3. The molecule has 1 aliphatic heterocycles. The lowest BCUT2D eigenvalue weighted by Gasteiger charge is -2.33. The van der Waals surface area contributed by atoms with Crippen LogP contribution in [0.25, 0.3) is 0 Å². The molecule has 1 aromatic rings. The number of likely N-dealkylation sites (N-methyl/N-ethyl adjacent to an activating group) is 1. The van der Waals surface area contributed by atoms with Gasteiger partial charge in [0.05, 0.1) is 9.82 Å². The number of sulfonamides is 1. The first-order chi connectivity index (χ1) is 13.1. The lowest BCUT2D eigenvalue weighted by molar-refractivity contribution is -0.385. The number of hydrogen-bond acceptors (Lipinski definition) is 5. The number of rotatable bonds is 7. The smallest absolute Gasteiger partial charge is 0.270 e. The summed E-state index contributed by atoms with van der Waals surface area (Å²) in [5, 5.41) is 11.0. The highest BCUT2D eigenvalue weighted by Gasteiger charge is 2.34. The van der Waals surface area contributed by atoms with E-state index in [0.717, 1.165) is 11.6 Å². The number of piperidine rings is 1. The first-order valence-electron chi connectivity index (χ1n) is 9.26. The Balaban J connectivity index is 2.14. The van der Waals surface area contributed by atoms with Gasteiger partial charge in [-0.1, -0.05) is 18.2 Å². The van der Waals surface area contributed by atoms with Gasteiger partial charge in [-0.15, -0.1) is 0 Å². The molecule has 1 aliphatic rings. The highest BCUT2D eigenvalue weighted by atomic mass is 32.2. The Morgan fingerprint density at radius 2 is 1.96 bits per heavy atom. The topological polar surface area (TPSA) is 101 Å². The van der Waals surface area contributed by atoms with E-state index in [2.05, 4.69) is 6.58 Å². The maximum Gasteiger partial charge on any atom is 0.270 e. The molecule has 0 aliphatic carbocycles. The summed E-state index contributed by atoms with van der Waals surface area (Å²) < 4.78 is 27.3. The van der Waals surface area contributed by atoms with Crippen LogP contribution in [0.15, 0.2) is 35.2 Å². The number of nitro benzene ring substituents is 1. The molecule has 0 unspecified atom stereocenters. The minimum absolute atomic E-state index is 0.0223. The molecule has 0 radical (unpaired) electrons. The maximum absolute atomic E-state index is 13.0. The van der Waals surface area contributed by atoms with E-state index in [-0.39, 0.29) is 35.5 Å². The van der Waals surface area contributed by atoms with E-state index in [1.165, 1.54) is 16.4 Å². The van der Waals surface area contributed by atoms with Gasteiger partial charge in [-0.05, 0) is 39.2 Å². The van der Waals surface area contributed by atoms with E-state index in [1.54, 1.807) is 11.8 Å². The largest absolute Gasteiger partial charge is 0.339 e. The minimum Gasteiger partial charge on any atom is -0.339 e.